The van der Waals surface area contributed by atoms with Gasteiger partial charge in [0.05, 0.1) is 6.54 Å². The summed E-state index contributed by atoms with van der Waals surface area (Å²) in [5.74, 6) is -0.925. The van der Waals surface area contributed by atoms with Crippen molar-refractivity contribution in [2.24, 2.45) is 11.1 Å². The molecule has 1 fully saturated rings. The Labute approximate surface area is 188 Å². The monoisotopic (exact) mass is 468 g/mol. The Morgan fingerprint density at radius 1 is 1.19 bits per heavy atom. The molecule has 3 rings (SSSR count). The van der Waals surface area contributed by atoms with Crippen molar-refractivity contribution in [1.29, 1.82) is 0 Å². The molecule has 2 atom stereocenters. The van der Waals surface area contributed by atoms with Crippen molar-refractivity contribution in [2.45, 2.75) is 44.4 Å². The van der Waals surface area contributed by atoms with Crippen LogP contribution in [0.5, 0.6) is 0 Å². The molecule has 0 spiro atoms. The summed E-state index contributed by atoms with van der Waals surface area (Å²) < 4.78 is 25.4. The van der Waals surface area contributed by atoms with Crippen molar-refractivity contribution in [1.82, 2.24) is 24.5 Å². The lowest BCUT2D eigenvalue weighted by Gasteiger charge is -2.37. The molecule has 2 aliphatic rings. The Balaban J connectivity index is 1.50. The van der Waals surface area contributed by atoms with Gasteiger partial charge in [-0.2, -0.15) is 5.10 Å². The number of sulfonamides is 1. The van der Waals surface area contributed by atoms with Gasteiger partial charge in [-0.3, -0.25) is 19.1 Å². The van der Waals surface area contributed by atoms with Crippen LogP contribution in [-0.4, -0.2) is 95.6 Å². The van der Waals surface area contributed by atoms with E-state index in [9.17, 15) is 22.8 Å². The number of aromatic nitrogens is 2. The minimum atomic E-state index is -3.98. The molecule has 2 unspecified atom stereocenters. The number of amides is 3. The Morgan fingerprint density at radius 3 is 2.47 bits per heavy atom. The van der Waals surface area contributed by atoms with Crippen LogP contribution in [-0.2, 0) is 37.4 Å². The quantitative estimate of drug-likeness (QED) is 0.546. The number of primary sulfonamides is 1. The summed E-state index contributed by atoms with van der Waals surface area (Å²) in [4.78, 5) is 42.7. The van der Waals surface area contributed by atoms with E-state index in [1.165, 1.54) is 9.80 Å². The fourth-order valence-corrected chi connectivity index (χ4v) is 5.34. The number of hydrogen-bond donors (Lipinski definition) is 1. The largest absolute Gasteiger partial charge is 0.338 e. The normalized spacial score (nSPS) is 19.9. The second-order valence-corrected chi connectivity index (χ2v) is 10.2. The van der Waals surface area contributed by atoms with Crippen molar-refractivity contribution in [3.8, 4) is 0 Å². The van der Waals surface area contributed by atoms with E-state index in [1.54, 1.807) is 25.1 Å². The highest BCUT2D eigenvalue weighted by atomic mass is 32.2. The van der Waals surface area contributed by atoms with E-state index < -0.39 is 21.2 Å². The molecular formula is C20H32N6O5S. The first-order valence-electron chi connectivity index (χ1n) is 11.0. The molecule has 0 radical (unpaired) electrons. The Morgan fingerprint density at radius 2 is 1.84 bits per heavy atom. The first kappa shape index (κ1) is 24.2. The lowest BCUT2D eigenvalue weighted by Crippen LogP contribution is -2.56. The highest BCUT2D eigenvalue weighted by molar-refractivity contribution is 7.90. The van der Waals surface area contributed by atoms with Crippen LogP contribution in [0, 0.1) is 5.92 Å². The van der Waals surface area contributed by atoms with Crippen LogP contribution >= 0.6 is 0 Å². The number of hydrogen-bond acceptors (Lipinski definition) is 6. The second-order valence-electron chi connectivity index (χ2n) is 8.50. The molecule has 0 aliphatic carbocycles. The minimum Gasteiger partial charge on any atom is -0.338 e. The van der Waals surface area contributed by atoms with Crippen LogP contribution in [0.1, 0.15) is 31.9 Å². The third kappa shape index (κ3) is 5.47. The predicted octanol–water partition coefficient (Wildman–Crippen LogP) is -0.968. The van der Waals surface area contributed by atoms with Gasteiger partial charge in [-0.25, -0.2) is 13.6 Å². The molecule has 0 saturated carbocycles. The molecule has 1 saturated heterocycles. The highest BCUT2D eigenvalue weighted by Crippen LogP contribution is 2.21. The number of carbonyl (C=O) groups is 3. The van der Waals surface area contributed by atoms with Crippen molar-refractivity contribution in [2.75, 3.05) is 39.8 Å². The van der Waals surface area contributed by atoms with E-state index in [1.807, 2.05) is 10.7 Å². The number of likely N-dealkylation sites (N-methyl/N-ethyl adjacent to an activating group) is 1. The molecule has 0 aromatic carbocycles. The van der Waals surface area contributed by atoms with E-state index >= 15 is 0 Å². The maximum atomic E-state index is 12.8. The number of nitrogens with two attached hydrogens (primary N) is 1. The molecule has 2 aliphatic heterocycles. The van der Waals surface area contributed by atoms with Crippen LogP contribution in [0.15, 0.2) is 12.3 Å². The van der Waals surface area contributed by atoms with Gasteiger partial charge in [0.15, 0.2) is 5.25 Å². The van der Waals surface area contributed by atoms with Gasteiger partial charge in [0.25, 0.3) is 0 Å². The van der Waals surface area contributed by atoms with Gasteiger partial charge < -0.3 is 14.7 Å². The molecule has 1 aromatic rings. The number of rotatable bonds is 7. The van der Waals surface area contributed by atoms with E-state index in [4.69, 9.17) is 5.14 Å². The van der Waals surface area contributed by atoms with Crippen molar-refractivity contribution in [3.05, 3.63) is 18.0 Å². The molecule has 3 amide bonds. The maximum absolute atomic E-state index is 12.8. The van der Waals surface area contributed by atoms with Crippen LogP contribution in [0.3, 0.4) is 0 Å². The number of aryl methyl sites for hydroxylation is 1. The third-order valence-corrected chi connectivity index (χ3v) is 7.44. The van der Waals surface area contributed by atoms with E-state index in [0.29, 0.717) is 38.9 Å². The molecule has 3 heterocycles. The van der Waals surface area contributed by atoms with Crippen LogP contribution < -0.4 is 5.14 Å². The zero-order chi connectivity index (χ0) is 23.5. The first-order chi connectivity index (χ1) is 15.1. The zero-order valence-electron chi connectivity index (χ0n) is 18.6. The number of carbonyl (C=O) groups excluding carboxylic acids is 3. The fraction of sp³-hybridized carbons (Fsp3) is 0.700. The van der Waals surface area contributed by atoms with Gasteiger partial charge in [-0.1, -0.05) is 13.3 Å². The predicted molar refractivity (Wildman–Crippen MR) is 117 cm³/mol. The summed E-state index contributed by atoms with van der Waals surface area (Å²) in [6, 6.07) is 1.91. The third-order valence-electron chi connectivity index (χ3n) is 6.21. The standard InChI is InChI=1S/C20H32N6O5S/c1-3-4-17(32(21,30)31)20(29)25-11-9-24(10-12-25)18(27)14-23(2)19(28)15-6-8-26-16(13-15)5-7-22-26/h5,7,15,17H,3-4,6,8-14H2,1-2H3,(H2,21,30,31). The van der Waals surface area contributed by atoms with Gasteiger partial charge >= 0.3 is 0 Å². The van der Waals surface area contributed by atoms with Gasteiger partial charge in [0, 0.05) is 64.0 Å². The molecule has 0 bridgehead atoms. The van der Waals surface area contributed by atoms with E-state index in [2.05, 4.69) is 5.10 Å². The summed E-state index contributed by atoms with van der Waals surface area (Å²) in [5.41, 5.74) is 1.02. The molecule has 178 valence electrons. The van der Waals surface area contributed by atoms with Crippen molar-refractivity contribution >= 4 is 27.7 Å². The van der Waals surface area contributed by atoms with E-state index in [-0.39, 0.29) is 43.8 Å². The number of fused-ring (bicyclic) bond motifs is 1. The summed E-state index contributed by atoms with van der Waals surface area (Å²) in [6.45, 7) is 3.51. The van der Waals surface area contributed by atoms with Crippen LogP contribution in [0.2, 0.25) is 0 Å². The molecule has 12 heteroatoms. The average molecular weight is 469 g/mol. The van der Waals surface area contributed by atoms with Crippen molar-refractivity contribution < 1.29 is 22.8 Å². The molecule has 11 nitrogen and oxygen atoms in total. The Hall–Kier alpha value is -2.47. The number of piperazine rings is 1. The molecule has 32 heavy (non-hydrogen) atoms. The fourth-order valence-electron chi connectivity index (χ4n) is 4.34. The van der Waals surface area contributed by atoms with Crippen LogP contribution in [0.25, 0.3) is 0 Å². The van der Waals surface area contributed by atoms with Gasteiger partial charge in [-0.15, -0.1) is 0 Å². The summed E-state index contributed by atoms with van der Waals surface area (Å²) in [7, 11) is -2.35. The zero-order valence-corrected chi connectivity index (χ0v) is 19.5. The van der Waals surface area contributed by atoms with Crippen molar-refractivity contribution in [3.63, 3.8) is 0 Å². The van der Waals surface area contributed by atoms with Gasteiger partial charge in [0.2, 0.25) is 27.7 Å². The topological polar surface area (TPSA) is 139 Å². The Kier molecular flexibility index (Phi) is 7.55. The molecule has 2 N–H and O–H groups in total. The minimum absolute atomic E-state index is 0.0296. The summed E-state index contributed by atoms with van der Waals surface area (Å²) in [6.07, 6.45) is 3.73. The Bertz CT molecular complexity index is 953. The smallest absolute Gasteiger partial charge is 0.242 e. The second kappa shape index (κ2) is 9.99. The summed E-state index contributed by atoms with van der Waals surface area (Å²) in [5, 5.41) is 8.21. The van der Waals surface area contributed by atoms with Gasteiger partial charge in [0.1, 0.15) is 0 Å². The first-order valence-corrected chi connectivity index (χ1v) is 12.6. The summed E-state index contributed by atoms with van der Waals surface area (Å²) >= 11 is 0. The number of nitrogens with zero attached hydrogens (tertiary/aromatic N) is 5. The maximum Gasteiger partial charge on any atom is 0.242 e. The van der Waals surface area contributed by atoms with Crippen LogP contribution in [0.4, 0.5) is 0 Å². The average Bonchev–Trinajstić information content (AvgIpc) is 3.23. The lowest BCUT2D eigenvalue weighted by atomic mass is 9.95. The molecular weight excluding hydrogens is 436 g/mol. The van der Waals surface area contributed by atoms with Gasteiger partial charge in [-0.05, 0) is 18.9 Å². The SMILES string of the molecule is CCCC(C(=O)N1CCN(C(=O)CN(C)C(=O)C2CCn3nccc3C2)CC1)S(N)(=O)=O. The highest BCUT2D eigenvalue weighted by Gasteiger charge is 2.35. The van der Waals surface area contributed by atoms with E-state index in [0.717, 1.165) is 5.69 Å². The molecule has 1 aromatic heterocycles. The lowest BCUT2D eigenvalue weighted by molar-refractivity contribution is -0.144.